The highest BCUT2D eigenvalue weighted by Crippen LogP contribution is 2.47. The summed E-state index contributed by atoms with van der Waals surface area (Å²) in [4.78, 5) is 0. The second-order valence-corrected chi connectivity index (χ2v) is 8.42. The second kappa shape index (κ2) is 13.7. The van der Waals surface area contributed by atoms with Gasteiger partial charge in [0.05, 0.1) is 26.4 Å². The summed E-state index contributed by atoms with van der Waals surface area (Å²) in [5.74, 6) is 0.0398. The Kier molecular flexibility index (Phi) is 11.0. The van der Waals surface area contributed by atoms with Crippen LogP contribution in [0.5, 0.6) is 23.0 Å². The van der Waals surface area contributed by atoms with Crippen LogP contribution in [0.3, 0.4) is 0 Å². The van der Waals surface area contributed by atoms with Gasteiger partial charge in [-0.05, 0) is 73.9 Å². The van der Waals surface area contributed by atoms with E-state index in [4.69, 9.17) is 9.47 Å². The van der Waals surface area contributed by atoms with E-state index in [-0.39, 0.29) is 34.1 Å². The first kappa shape index (κ1) is 27.3. The van der Waals surface area contributed by atoms with E-state index in [9.17, 15) is 20.4 Å². The maximum Gasteiger partial charge on any atom is 0.165 e. The smallest absolute Gasteiger partial charge is 0.165 e. The monoisotopic (exact) mass is 470 g/mol. The van der Waals surface area contributed by atoms with Gasteiger partial charge in [-0.15, -0.1) is 13.2 Å². The average Bonchev–Trinajstić information content (AvgIpc) is 2.84. The number of methoxy groups -OCH3 is 2. The van der Waals surface area contributed by atoms with E-state index >= 15 is 0 Å². The van der Waals surface area contributed by atoms with Crippen LogP contribution in [0.4, 0.5) is 0 Å². The van der Waals surface area contributed by atoms with Crippen LogP contribution in [-0.2, 0) is 0 Å². The minimum absolute atomic E-state index is 0.167. The van der Waals surface area contributed by atoms with Gasteiger partial charge in [-0.25, -0.2) is 0 Å². The molecule has 0 radical (unpaired) electrons. The van der Waals surface area contributed by atoms with E-state index in [2.05, 4.69) is 13.2 Å². The van der Waals surface area contributed by atoms with Crippen LogP contribution < -0.4 is 9.47 Å². The molecule has 0 heterocycles. The van der Waals surface area contributed by atoms with Crippen molar-refractivity contribution >= 4 is 0 Å². The number of phenols is 2. The first-order valence-electron chi connectivity index (χ1n) is 11.8. The maximum absolute atomic E-state index is 10.9. The SMILES string of the molecule is C=CCCCCC(O)c1cc(OC)c(O)c(-c2cc(C(O)CCCCC=C)cc(OC)c2O)c1. The Bertz CT molecular complexity index is 875. The number of ether oxygens (including phenoxy) is 2. The molecule has 0 fully saturated rings. The third-order valence-electron chi connectivity index (χ3n) is 5.97. The number of unbranched alkanes of at least 4 members (excludes halogenated alkanes) is 4. The van der Waals surface area contributed by atoms with Crippen molar-refractivity contribution in [1.82, 2.24) is 0 Å². The van der Waals surface area contributed by atoms with Gasteiger partial charge in [-0.3, -0.25) is 0 Å². The molecular formula is C28H38O6. The molecule has 0 amide bonds. The number of phenolic OH excluding ortho intramolecular Hbond substituents is 2. The molecule has 2 aromatic rings. The van der Waals surface area contributed by atoms with Gasteiger partial charge in [0, 0.05) is 11.1 Å². The van der Waals surface area contributed by atoms with Crippen molar-refractivity contribution in [3.05, 3.63) is 60.7 Å². The van der Waals surface area contributed by atoms with Gasteiger partial charge in [0.1, 0.15) is 0 Å². The van der Waals surface area contributed by atoms with Crippen molar-refractivity contribution in [2.75, 3.05) is 14.2 Å². The Hall–Kier alpha value is -2.96. The van der Waals surface area contributed by atoms with E-state index < -0.39 is 12.2 Å². The van der Waals surface area contributed by atoms with Gasteiger partial charge < -0.3 is 29.9 Å². The molecule has 4 N–H and O–H groups in total. The van der Waals surface area contributed by atoms with Crippen molar-refractivity contribution in [3.8, 4) is 34.1 Å². The quantitative estimate of drug-likeness (QED) is 0.179. The molecule has 2 aromatic carbocycles. The van der Waals surface area contributed by atoms with Crippen LogP contribution >= 0.6 is 0 Å². The fraction of sp³-hybridized carbons (Fsp3) is 0.429. The molecule has 2 unspecified atom stereocenters. The summed E-state index contributed by atoms with van der Waals surface area (Å²) in [6.07, 6.45) is 8.51. The largest absolute Gasteiger partial charge is 0.504 e. The Balaban J connectivity index is 2.47. The zero-order valence-electron chi connectivity index (χ0n) is 20.3. The highest BCUT2D eigenvalue weighted by atomic mass is 16.5. The first-order valence-corrected chi connectivity index (χ1v) is 11.8. The first-order chi connectivity index (χ1) is 16.4. The van der Waals surface area contributed by atoms with Crippen LogP contribution in [0.15, 0.2) is 49.6 Å². The Labute approximate surface area is 202 Å². The van der Waals surface area contributed by atoms with Crippen LogP contribution in [0.2, 0.25) is 0 Å². The van der Waals surface area contributed by atoms with Crippen LogP contribution in [-0.4, -0.2) is 34.6 Å². The Morgan fingerprint density at radius 2 is 1.09 bits per heavy atom. The zero-order valence-corrected chi connectivity index (χ0v) is 20.3. The lowest BCUT2D eigenvalue weighted by atomic mass is 9.93. The van der Waals surface area contributed by atoms with Crippen molar-refractivity contribution in [1.29, 1.82) is 0 Å². The molecule has 2 rings (SSSR count). The molecule has 0 aliphatic heterocycles. The minimum Gasteiger partial charge on any atom is -0.504 e. The number of hydrogen-bond acceptors (Lipinski definition) is 6. The maximum atomic E-state index is 10.9. The molecule has 0 saturated heterocycles. The molecule has 6 heteroatoms. The number of aliphatic hydroxyl groups excluding tert-OH is 2. The van der Waals surface area contributed by atoms with Gasteiger partial charge >= 0.3 is 0 Å². The van der Waals surface area contributed by atoms with Crippen LogP contribution in [0.1, 0.15) is 74.7 Å². The van der Waals surface area contributed by atoms with E-state index in [1.54, 1.807) is 24.3 Å². The summed E-state index contributed by atoms with van der Waals surface area (Å²) in [5.41, 5.74) is 1.71. The molecule has 186 valence electrons. The average molecular weight is 471 g/mol. The van der Waals surface area contributed by atoms with E-state index in [0.717, 1.165) is 38.5 Å². The Morgan fingerprint density at radius 3 is 1.41 bits per heavy atom. The molecule has 0 saturated carbocycles. The van der Waals surface area contributed by atoms with Crippen LogP contribution in [0.25, 0.3) is 11.1 Å². The molecule has 2 atom stereocenters. The summed E-state index contributed by atoms with van der Waals surface area (Å²) >= 11 is 0. The van der Waals surface area contributed by atoms with Crippen molar-refractivity contribution < 1.29 is 29.9 Å². The highest BCUT2D eigenvalue weighted by molar-refractivity contribution is 5.81. The highest BCUT2D eigenvalue weighted by Gasteiger charge is 2.22. The third kappa shape index (κ3) is 7.02. The molecule has 0 spiro atoms. The lowest BCUT2D eigenvalue weighted by molar-refractivity contribution is 0.163. The molecule has 0 aliphatic rings. The van der Waals surface area contributed by atoms with Gasteiger partial charge in [-0.2, -0.15) is 0 Å². The van der Waals surface area contributed by atoms with Crippen molar-refractivity contribution in [2.45, 2.75) is 63.6 Å². The molecule has 34 heavy (non-hydrogen) atoms. The summed E-state index contributed by atoms with van der Waals surface area (Å²) in [6, 6.07) is 6.49. The van der Waals surface area contributed by atoms with Crippen LogP contribution in [0, 0.1) is 0 Å². The number of allylic oxidation sites excluding steroid dienone is 2. The number of hydrogen-bond donors (Lipinski definition) is 4. The van der Waals surface area contributed by atoms with E-state index in [0.29, 0.717) is 24.0 Å². The third-order valence-corrected chi connectivity index (χ3v) is 5.97. The molecule has 6 nitrogen and oxygen atoms in total. The van der Waals surface area contributed by atoms with Crippen molar-refractivity contribution in [3.63, 3.8) is 0 Å². The lowest BCUT2D eigenvalue weighted by Gasteiger charge is -2.19. The second-order valence-electron chi connectivity index (χ2n) is 8.42. The fourth-order valence-electron chi connectivity index (χ4n) is 3.95. The number of aromatic hydroxyl groups is 2. The fourth-order valence-corrected chi connectivity index (χ4v) is 3.95. The summed E-state index contributed by atoms with van der Waals surface area (Å²) < 4.78 is 10.7. The van der Waals surface area contributed by atoms with Gasteiger partial charge in [0.25, 0.3) is 0 Å². The summed E-state index contributed by atoms with van der Waals surface area (Å²) in [7, 11) is 2.87. The predicted molar refractivity (Wildman–Crippen MR) is 136 cm³/mol. The minimum atomic E-state index is -0.763. The number of rotatable bonds is 15. The van der Waals surface area contributed by atoms with Gasteiger partial charge in [-0.1, -0.05) is 25.0 Å². The topological polar surface area (TPSA) is 99.4 Å². The molecule has 0 aromatic heterocycles. The Morgan fingerprint density at radius 1 is 0.706 bits per heavy atom. The lowest BCUT2D eigenvalue weighted by Crippen LogP contribution is -2.02. The van der Waals surface area contributed by atoms with Gasteiger partial charge in [0.2, 0.25) is 0 Å². The number of aliphatic hydroxyl groups is 2. The predicted octanol–water partition coefficient (Wildman–Crippen LogP) is 6.34. The molecular weight excluding hydrogens is 432 g/mol. The zero-order chi connectivity index (χ0) is 25.1. The normalized spacial score (nSPS) is 12.7. The summed E-state index contributed by atoms with van der Waals surface area (Å²) in [6.45, 7) is 7.43. The summed E-state index contributed by atoms with van der Waals surface area (Å²) in [5, 5.41) is 43.3. The molecule has 0 aliphatic carbocycles. The number of benzene rings is 2. The van der Waals surface area contributed by atoms with Crippen molar-refractivity contribution in [2.24, 2.45) is 0 Å². The van der Waals surface area contributed by atoms with E-state index in [1.807, 2.05) is 12.2 Å². The standard InChI is InChI=1S/C28H38O6/c1-5-7-9-11-13-23(29)19-15-21(27(31)25(17-19)33-3)22-16-20(18-26(34-4)28(22)32)24(30)14-12-10-8-6-2/h5-6,15-18,23-24,29-32H,1-2,7-14H2,3-4H3. The molecule has 0 bridgehead atoms. The van der Waals surface area contributed by atoms with Gasteiger partial charge in [0.15, 0.2) is 23.0 Å². The van der Waals surface area contributed by atoms with E-state index in [1.165, 1.54) is 14.2 Å².